The van der Waals surface area contributed by atoms with Crippen LogP contribution in [0.1, 0.15) is 6.92 Å². The lowest BCUT2D eigenvalue weighted by Gasteiger charge is -2.12. The molecule has 0 aliphatic rings. The van der Waals surface area contributed by atoms with Gasteiger partial charge in [0, 0.05) is 10.6 Å². The van der Waals surface area contributed by atoms with Gasteiger partial charge in [0.15, 0.2) is 0 Å². The van der Waals surface area contributed by atoms with Crippen LogP contribution in [0.5, 0.6) is 0 Å². The van der Waals surface area contributed by atoms with Crippen molar-refractivity contribution in [3.05, 3.63) is 59.1 Å². The Hall–Kier alpha value is -1.59. The number of benzene rings is 2. The van der Waals surface area contributed by atoms with Crippen molar-refractivity contribution in [2.24, 2.45) is 0 Å². The molecular weight excluding hydrogens is 316 g/mol. The molecule has 1 atom stereocenters. The molecule has 0 spiro atoms. The van der Waals surface area contributed by atoms with Crippen LogP contribution in [0.15, 0.2) is 47.4 Å². The van der Waals surface area contributed by atoms with E-state index in [1.807, 2.05) is 0 Å². The highest BCUT2D eigenvalue weighted by Gasteiger charge is 2.15. The minimum atomic E-state index is -0.539. The first-order chi connectivity index (χ1) is 9.95. The molecule has 2 nitrogen and oxygen atoms in total. The lowest BCUT2D eigenvalue weighted by atomic mass is 10.3. The Morgan fingerprint density at radius 1 is 1.19 bits per heavy atom. The van der Waals surface area contributed by atoms with Crippen molar-refractivity contribution in [1.29, 1.82) is 0 Å². The molecule has 0 fully saturated rings. The largest absolute Gasteiger partial charge is 0.325 e. The van der Waals surface area contributed by atoms with Crippen molar-refractivity contribution in [3.63, 3.8) is 0 Å². The third-order valence-electron chi connectivity index (χ3n) is 2.68. The van der Waals surface area contributed by atoms with Crippen molar-refractivity contribution < 1.29 is 13.6 Å². The van der Waals surface area contributed by atoms with E-state index in [4.69, 9.17) is 11.6 Å². The molecule has 0 aliphatic carbocycles. The zero-order valence-corrected chi connectivity index (χ0v) is 12.6. The Morgan fingerprint density at radius 2 is 1.86 bits per heavy atom. The zero-order valence-electron chi connectivity index (χ0n) is 11.1. The van der Waals surface area contributed by atoms with Gasteiger partial charge in [0.05, 0.1) is 10.3 Å². The summed E-state index contributed by atoms with van der Waals surface area (Å²) >= 11 is 6.96. The van der Waals surface area contributed by atoms with E-state index in [0.29, 0.717) is 5.69 Å². The molecule has 0 bridgehead atoms. The van der Waals surface area contributed by atoms with E-state index in [-0.39, 0.29) is 22.0 Å². The number of rotatable bonds is 4. The van der Waals surface area contributed by atoms with Crippen molar-refractivity contribution in [1.82, 2.24) is 0 Å². The molecule has 1 unspecified atom stereocenters. The van der Waals surface area contributed by atoms with E-state index in [0.717, 1.165) is 4.90 Å². The van der Waals surface area contributed by atoms with E-state index in [2.05, 4.69) is 5.32 Å². The molecule has 21 heavy (non-hydrogen) atoms. The van der Waals surface area contributed by atoms with Crippen molar-refractivity contribution >= 4 is 35.0 Å². The molecule has 110 valence electrons. The molecule has 1 N–H and O–H groups in total. The van der Waals surface area contributed by atoms with Crippen LogP contribution in [0.25, 0.3) is 0 Å². The minimum Gasteiger partial charge on any atom is -0.325 e. The van der Waals surface area contributed by atoms with Crippen LogP contribution in [0.2, 0.25) is 5.02 Å². The SMILES string of the molecule is CC(Sc1ccc(F)cc1)C(=O)Nc1ccc(F)c(Cl)c1. The highest BCUT2D eigenvalue weighted by Crippen LogP contribution is 2.25. The third kappa shape index (κ3) is 4.44. The Kier molecular flexibility index (Phi) is 5.20. The van der Waals surface area contributed by atoms with Gasteiger partial charge >= 0.3 is 0 Å². The van der Waals surface area contributed by atoms with Gasteiger partial charge in [-0.25, -0.2) is 8.78 Å². The molecule has 2 aromatic rings. The van der Waals surface area contributed by atoms with Gasteiger partial charge in [-0.15, -0.1) is 11.8 Å². The first-order valence-electron chi connectivity index (χ1n) is 6.14. The van der Waals surface area contributed by atoms with Crippen LogP contribution in [0.4, 0.5) is 14.5 Å². The number of hydrogen-bond donors (Lipinski definition) is 1. The maximum Gasteiger partial charge on any atom is 0.237 e. The molecular formula is C15H12ClF2NOS. The maximum absolute atomic E-state index is 13.0. The second kappa shape index (κ2) is 6.91. The molecule has 0 saturated carbocycles. The molecule has 0 heterocycles. The number of amides is 1. The van der Waals surface area contributed by atoms with E-state index in [9.17, 15) is 13.6 Å². The quantitative estimate of drug-likeness (QED) is 0.822. The normalized spacial score (nSPS) is 12.0. The summed E-state index contributed by atoms with van der Waals surface area (Å²) in [5.74, 6) is -1.10. The van der Waals surface area contributed by atoms with Gasteiger partial charge in [-0.05, 0) is 49.4 Å². The molecule has 0 aliphatic heterocycles. The summed E-state index contributed by atoms with van der Waals surface area (Å²) in [4.78, 5) is 12.8. The zero-order chi connectivity index (χ0) is 15.4. The molecule has 0 saturated heterocycles. The van der Waals surface area contributed by atoms with Gasteiger partial charge in [0.1, 0.15) is 11.6 Å². The van der Waals surface area contributed by atoms with Crippen LogP contribution < -0.4 is 5.32 Å². The topological polar surface area (TPSA) is 29.1 Å². The number of hydrogen-bond acceptors (Lipinski definition) is 2. The van der Waals surface area contributed by atoms with Gasteiger partial charge in [-0.1, -0.05) is 11.6 Å². The number of anilines is 1. The molecule has 2 aromatic carbocycles. The van der Waals surface area contributed by atoms with E-state index < -0.39 is 5.82 Å². The lowest BCUT2D eigenvalue weighted by Crippen LogP contribution is -2.22. The van der Waals surface area contributed by atoms with Gasteiger partial charge in [-0.3, -0.25) is 4.79 Å². The van der Waals surface area contributed by atoms with Crippen molar-refractivity contribution in [2.75, 3.05) is 5.32 Å². The van der Waals surface area contributed by atoms with Crippen molar-refractivity contribution in [2.45, 2.75) is 17.1 Å². The van der Waals surface area contributed by atoms with Crippen LogP contribution >= 0.6 is 23.4 Å². The van der Waals surface area contributed by atoms with Crippen LogP contribution in [0.3, 0.4) is 0 Å². The van der Waals surface area contributed by atoms with E-state index in [1.165, 1.54) is 42.1 Å². The van der Waals surface area contributed by atoms with Gasteiger partial charge < -0.3 is 5.32 Å². The van der Waals surface area contributed by atoms with Crippen molar-refractivity contribution in [3.8, 4) is 0 Å². The first-order valence-corrected chi connectivity index (χ1v) is 7.39. The molecule has 0 aromatic heterocycles. The Morgan fingerprint density at radius 3 is 2.48 bits per heavy atom. The Balaban J connectivity index is 1.98. The first kappa shape index (κ1) is 15.8. The fourth-order valence-corrected chi connectivity index (χ4v) is 2.64. The van der Waals surface area contributed by atoms with Crippen LogP contribution in [-0.4, -0.2) is 11.2 Å². The summed E-state index contributed by atoms with van der Waals surface area (Å²) in [5, 5.41) is 2.22. The predicted molar refractivity (Wildman–Crippen MR) is 81.8 cm³/mol. The van der Waals surface area contributed by atoms with Gasteiger partial charge in [-0.2, -0.15) is 0 Å². The average Bonchev–Trinajstić information content (AvgIpc) is 2.45. The smallest absolute Gasteiger partial charge is 0.237 e. The predicted octanol–water partition coefficient (Wildman–Crippen LogP) is 4.74. The summed E-state index contributed by atoms with van der Waals surface area (Å²) in [6.45, 7) is 1.73. The standard InChI is InChI=1S/C15H12ClF2NOS/c1-9(21-12-5-2-10(17)3-6-12)15(20)19-11-4-7-14(18)13(16)8-11/h2-9H,1H3,(H,19,20). The number of carbonyl (C=O) groups is 1. The van der Waals surface area contributed by atoms with Gasteiger partial charge in [0.25, 0.3) is 0 Å². The fourth-order valence-electron chi connectivity index (χ4n) is 1.59. The third-order valence-corrected chi connectivity index (χ3v) is 4.08. The summed E-state index contributed by atoms with van der Waals surface area (Å²) in [6, 6.07) is 9.88. The molecule has 0 radical (unpaired) electrons. The fraction of sp³-hybridized carbons (Fsp3) is 0.133. The number of thioether (sulfide) groups is 1. The minimum absolute atomic E-state index is 0.0494. The van der Waals surface area contributed by atoms with Crippen LogP contribution in [-0.2, 0) is 4.79 Å². The van der Waals surface area contributed by atoms with Gasteiger partial charge in [0.2, 0.25) is 5.91 Å². The Bertz CT molecular complexity index is 649. The highest BCUT2D eigenvalue weighted by molar-refractivity contribution is 8.00. The second-order valence-electron chi connectivity index (χ2n) is 4.33. The second-order valence-corrected chi connectivity index (χ2v) is 6.15. The van der Waals surface area contributed by atoms with E-state index in [1.54, 1.807) is 19.1 Å². The number of halogens is 3. The summed E-state index contributed by atoms with van der Waals surface area (Å²) in [6.07, 6.45) is 0. The summed E-state index contributed by atoms with van der Waals surface area (Å²) in [5.41, 5.74) is 0.429. The molecule has 2 rings (SSSR count). The van der Waals surface area contributed by atoms with Crippen LogP contribution in [0, 0.1) is 11.6 Å². The summed E-state index contributed by atoms with van der Waals surface area (Å²) < 4.78 is 25.8. The highest BCUT2D eigenvalue weighted by atomic mass is 35.5. The lowest BCUT2D eigenvalue weighted by molar-refractivity contribution is -0.115. The van der Waals surface area contributed by atoms with E-state index >= 15 is 0 Å². The monoisotopic (exact) mass is 327 g/mol. The number of carbonyl (C=O) groups excluding carboxylic acids is 1. The summed E-state index contributed by atoms with van der Waals surface area (Å²) in [7, 11) is 0. The average molecular weight is 328 g/mol. The molecule has 6 heteroatoms. The molecule has 1 amide bonds. The Labute approximate surface area is 130 Å². The number of nitrogens with one attached hydrogen (secondary N) is 1. The maximum atomic E-state index is 13.0.